The van der Waals surface area contributed by atoms with Gasteiger partial charge < -0.3 is 14.2 Å². The van der Waals surface area contributed by atoms with Crippen molar-refractivity contribution < 1.29 is 19.0 Å². The summed E-state index contributed by atoms with van der Waals surface area (Å²) in [5.41, 5.74) is 0.930. The highest BCUT2D eigenvalue weighted by Gasteiger charge is 2.44. The third-order valence-corrected chi connectivity index (χ3v) is 4.65. The van der Waals surface area contributed by atoms with Gasteiger partial charge in [0, 0.05) is 6.21 Å². The number of nitrogens with one attached hydrogen (secondary N) is 1. The Morgan fingerprint density at radius 3 is 2.81 bits per heavy atom. The molecule has 4 atom stereocenters. The van der Waals surface area contributed by atoms with Gasteiger partial charge in [0.15, 0.2) is 11.5 Å². The topological polar surface area (TPSA) is 96.2 Å². The Balaban J connectivity index is 1.94. The highest BCUT2D eigenvalue weighted by molar-refractivity contribution is 5.77. The van der Waals surface area contributed by atoms with Gasteiger partial charge in [-0.05, 0) is 31.0 Å². The number of esters is 1. The molecule has 0 aromatic heterocycles. The number of hydrogen-bond donors (Lipinski definition) is 1. The Hall–Kier alpha value is -2.79. The number of nitrogens with zero attached hydrogens (tertiary/aromatic N) is 3. The first-order valence-corrected chi connectivity index (χ1v) is 8.49. The Kier molecular flexibility index (Phi) is 5.28. The number of hydrazone groups is 1. The van der Waals surface area contributed by atoms with Crippen molar-refractivity contribution in [3.8, 4) is 17.6 Å². The monoisotopic (exact) mass is 358 g/mol. The maximum absolute atomic E-state index is 12.3. The van der Waals surface area contributed by atoms with Crippen LogP contribution in [0.3, 0.4) is 0 Å². The molecule has 0 amide bonds. The van der Waals surface area contributed by atoms with Crippen LogP contribution in [0.5, 0.6) is 11.5 Å². The summed E-state index contributed by atoms with van der Waals surface area (Å²) in [6.45, 7) is 2.08. The second kappa shape index (κ2) is 7.62. The lowest BCUT2D eigenvalue weighted by atomic mass is 9.93. The van der Waals surface area contributed by atoms with Gasteiger partial charge in [-0.1, -0.05) is 6.07 Å². The summed E-state index contributed by atoms with van der Waals surface area (Å²) in [5, 5.41) is 18.8. The molecule has 1 fully saturated rings. The van der Waals surface area contributed by atoms with Crippen LogP contribution in [0.2, 0.25) is 0 Å². The third-order valence-electron chi connectivity index (χ3n) is 4.65. The van der Waals surface area contributed by atoms with Gasteiger partial charge >= 0.3 is 5.97 Å². The summed E-state index contributed by atoms with van der Waals surface area (Å²) < 4.78 is 15.9. The second-order valence-electron chi connectivity index (χ2n) is 6.08. The number of rotatable bonds is 5. The maximum atomic E-state index is 12.3. The lowest BCUT2D eigenvalue weighted by Gasteiger charge is -2.41. The quantitative estimate of drug-likeness (QED) is 0.796. The van der Waals surface area contributed by atoms with Crippen molar-refractivity contribution >= 4 is 12.2 Å². The van der Waals surface area contributed by atoms with Crippen LogP contribution in [0.25, 0.3) is 0 Å². The van der Waals surface area contributed by atoms with Crippen LogP contribution in [-0.4, -0.2) is 50.2 Å². The van der Waals surface area contributed by atoms with Crippen LogP contribution in [0.4, 0.5) is 0 Å². The zero-order chi connectivity index (χ0) is 18.7. The molecule has 3 rings (SSSR count). The first kappa shape index (κ1) is 18.0. The molecule has 1 aromatic rings. The first-order chi connectivity index (χ1) is 12.6. The van der Waals surface area contributed by atoms with Crippen molar-refractivity contribution in [3.05, 3.63) is 23.8 Å². The minimum atomic E-state index is -0.508. The standard InChI is InChI=1S/C18H22N4O4/c1-4-26-18(23)13-8-14(22-17(21-13)12(9-19)10-20-22)11-5-6-15(24-2)16(7-11)25-3/h5-7,10,12-14,17,21H,4,8H2,1-3H3. The Bertz CT molecular complexity index is 745. The SMILES string of the molecule is CCOC(=O)C1CC(c2ccc(OC)c(OC)c2)N2N=CC(C#N)C2N1. The van der Waals surface area contributed by atoms with E-state index < -0.39 is 12.0 Å². The van der Waals surface area contributed by atoms with Crippen LogP contribution >= 0.6 is 0 Å². The summed E-state index contributed by atoms with van der Waals surface area (Å²) in [6.07, 6.45) is 1.71. The Labute approximate surface area is 152 Å². The normalized spacial score (nSPS) is 26.8. The molecule has 0 saturated carbocycles. The molecular weight excluding hydrogens is 336 g/mol. The summed E-state index contributed by atoms with van der Waals surface area (Å²) in [7, 11) is 3.16. The largest absolute Gasteiger partial charge is 0.493 e. The lowest BCUT2D eigenvalue weighted by molar-refractivity contribution is -0.148. The summed E-state index contributed by atoms with van der Waals surface area (Å²) in [6, 6.07) is 7.15. The number of ether oxygens (including phenoxy) is 3. The fraction of sp³-hybridized carbons (Fsp3) is 0.500. The molecule has 0 radical (unpaired) electrons. The fourth-order valence-electron chi connectivity index (χ4n) is 3.39. The van der Waals surface area contributed by atoms with Gasteiger partial charge in [-0.25, -0.2) is 0 Å². The van der Waals surface area contributed by atoms with E-state index in [0.29, 0.717) is 24.5 Å². The van der Waals surface area contributed by atoms with Gasteiger partial charge in [0.05, 0.1) is 32.9 Å². The predicted molar refractivity (Wildman–Crippen MR) is 93.7 cm³/mol. The molecule has 138 valence electrons. The second-order valence-corrected chi connectivity index (χ2v) is 6.08. The zero-order valence-electron chi connectivity index (χ0n) is 15.0. The first-order valence-electron chi connectivity index (χ1n) is 8.49. The van der Waals surface area contributed by atoms with Crippen LogP contribution in [0.15, 0.2) is 23.3 Å². The van der Waals surface area contributed by atoms with Crippen LogP contribution in [0.1, 0.15) is 24.9 Å². The van der Waals surface area contributed by atoms with Crippen molar-refractivity contribution in [1.29, 1.82) is 5.26 Å². The zero-order valence-corrected chi connectivity index (χ0v) is 15.0. The number of carbonyl (C=O) groups excluding carboxylic acids is 1. The van der Waals surface area contributed by atoms with Crippen molar-refractivity contribution in [2.75, 3.05) is 20.8 Å². The minimum absolute atomic E-state index is 0.190. The predicted octanol–water partition coefficient (Wildman–Crippen LogP) is 1.44. The summed E-state index contributed by atoms with van der Waals surface area (Å²) in [5.74, 6) is 0.479. The highest BCUT2D eigenvalue weighted by Crippen LogP contribution is 2.39. The molecule has 0 bridgehead atoms. The number of fused-ring (bicyclic) bond motifs is 1. The molecule has 0 aliphatic carbocycles. The molecule has 1 aromatic carbocycles. The number of benzene rings is 1. The average Bonchev–Trinajstić information content (AvgIpc) is 3.09. The molecule has 8 nitrogen and oxygen atoms in total. The smallest absolute Gasteiger partial charge is 0.323 e. The Morgan fingerprint density at radius 2 is 2.15 bits per heavy atom. The third kappa shape index (κ3) is 3.18. The fourth-order valence-corrected chi connectivity index (χ4v) is 3.39. The van der Waals surface area contributed by atoms with Gasteiger partial charge in [0.1, 0.15) is 18.1 Å². The molecule has 2 heterocycles. The van der Waals surface area contributed by atoms with Crippen molar-refractivity contribution in [1.82, 2.24) is 10.3 Å². The summed E-state index contributed by atoms with van der Waals surface area (Å²) in [4.78, 5) is 12.3. The van der Waals surface area contributed by atoms with E-state index >= 15 is 0 Å². The van der Waals surface area contributed by atoms with Gasteiger partial charge in [-0.15, -0.1) is 0 Å². The highest BCUT2D eigenvalue weighted by atomic mass is 16.5. The summed E-state index contributed by atoms with van der Waals surface area (Å²) >= 11 is 0. The van der Waals surface area contributed by atoms with E-state index in [9.17, 15) is 10.1 Å². The van der Waals surface area contributed by atoms with E-state index in [1.165, 1.54) is 0 Å². The molecule has 1 N–H and O–H groups in total. The molecular formula is C18H22N4O4. The number of hydrogen-bond acceptors (Lipinski definition) is 8. The van der Waals surface area contributed by atoms with E-state index in [0.717, 1.165) is 5.56 Å². The molecule has 4 unspecified atom stereocenters. The molecule has 2 aliphatic heterocycles. The van der Waals surface area contributed by atoms with E-state index in [4.69, 9.17) is 14.2 Å². The van der Waals surface area contributed by atoms with Gasteiger partial charge in [-0.2, -0.15) is 10.4 Å². The van der Waals surface area contributed by atoms with E-state index in [2.05, 4.69) is 16.5 Å². The van der Waals surface area contributed by atoms with Gasteiger partial charge in [-0.3, -0.25) is 15.1 Å². The van der Waals surface area contributed by atoms with E-state index in [1.54, 1.807) is 27.4 Å². The average molecular weight is 358 g/mol. The molecule has 26 heavy (non-hydrogen) atoms. The minimum Gasteiger partial charge on any atom is -0.493 e. The van der Waals surface area contributed by atoms with Crippen LogP contribution in [0, 0.1) is 17.2 Å². The number of methoxy groups -OCH3 is 2. The van der Waals surface area contributed by atoms with Gasteiger partial charge in [0.25, 0.3) is 0 Å². The van der Waals surface area contributed by atoms with Crippen molar-refractivity contribution in [2.24, 2.45) is 11.0 Å². The lowest BCUT2D eigenvalue weighted by Crippen LogP contribution is -2.58. The molecule has 2 aliphatic rings. The van der Waals surface area contributed by atoms with Crippen molar-refractivity contribution in [2.45, 2.75) is 31.6 Å². The van der Waals surface area contributed by atoms with Crippen LogP contribution < -0.4 is 14.8 Å². The van der Waals surface area contributed by atoms with E-state index in [-0.39, 0.29) is 18.2 Å². The maximum Gasteiger partial charge on any atom is 0.323 e. The molecule has 8 heteroatoms. The Morgan fingerprint density at radius 1 is 1.38 bits per heavy atom. The van der Waals surface area contributed by atoms with E-state index in [1.807, 2.05) is 23.2 Å². The molecule has 1 saturated heterocycles. The molecule has 0 spiro atoms. The number of carbonyl (C=O) groups is 1. The van der Waals surface area contributed by atoms with Crippen LogP contribution in [-0.2, 0) is 9.53 Å². The van der Waals surface area contributed by atoms with Gasteiger partial charge in [0.2, 0.25) is 0 Å². The van der Waals surface area contributed by atoms with Crippen molar-refractivity contribution in [3.63, 3.8) is 0 Å². The number of nitriles is 1.